The standard InChI is InChI=1S/C12H15N3O3/c1-2-5-14-11(16)7-15-9-4-3-8(13)6-10(9)18-12(15)17/h3-4,6H,2,5,7,13H2,1H3,(H,14,16). The fourth-order valence-electron chi connectivity index (χ4n) is 1.70. The van der Waals surface area contributed by atoms with Crippen molar-refractivity contribution in [1.82, 2.24) is 9.88 Å². The molecule has 1 aromatic heterocycles. The summed E-state index contributed by atoms with van der Waals surface area (Å²) >= 11 is 0. The topological polar surface area (TPSA) is 90.3 Å². The van der Waals surface area contributed by atoms with Gasteiger partial charge in [0.2, 0.25) is 5.91 Å². The smallest absolute Gasteiger partial charge is 0.408 e. The number of oxazole rings is 1. The molecule has 6 nitrogen and oxygen atoms in total. The number of fused-ring (bicyclic) bond motifs is 1. The van der Waals surface area contributed by atoms with Gasteiger partial charge in [-0.2, -0.15) is 0 Å². The van der Waals surface area contributed by atoms with Gasteiger partial charge in [0.25, 0.3) is 0 Å². The minimum atomic E-state index is -0.553. The van der Waals surface area contributed by atoms with Crippen molar-refractivity contribution in [3.05, 3.63) is 28.7 Å². The molecule has 1 aromatic carbocycles. The SMILES string of the molecule is CCCNC(=O)Cn1c(=O)oc2cc(N)ccc21. The molecule has 0 saturated heterocycles. The Morgan fingerprint density at radius 1 is 1.50 bits per heavy atom. The van der Waals surface area contributed by atoms with Gasteiger partial charge in [0.15, 0.2) is 5.58 Å². The van der Waals surface area contributed by atoms with Gasteiger partial charge < -0.3 is 15.5 Å². The highest BCUT2D eigenvalue weighted by Gasteiger charge is 2.12. The van der Waals surface area contributed by atoms with Crippen molar-refractivity contribution in [1.29, 1.82) is 0 Å². The number of hydrogen-bond donors (Lipinski definition) is 2. The summed E-state index contributed by atoms with van der Waals surface area (Å²) in [5.74, 6) is -0.763. The lowest BCUT2D eigenvalue weighted by Gasteiger charge is -2.03. The van der Waals surface area contributed by atoms with Crippen molar-refractivity contribution in [3.8, 4) is 0 Å². The fraction of sp³-hybridized carbons (Fsp3) is 0.333. The maximum absolute atomic E-state index is 11.6. The summed E-state index contributed by atoms with van der Waals surface area (Å²) in [6, 6.07) is 4.90. The Labute approximate surface area is 103 Å². The van der Waals surface area contributed by atoms with E-state index in [4.69, 9.17) is 10.2 Å². The quantitative estimate of drug-likeness (QED) is 0.780. The average Bonchev–Trinajstić information content (AvgIpc) is 2.62. The fourth-order valence-corrected chi connectivity index (χ4v) is 1.70. The van der Waals surface area contributed by atoms with Gasteiger partial charge in [0, 0.05) is 18.3 Å². The van der Waals surface area contributed by atoms with Gasteiger partial charge >= 0.3 is 5.76 Å². The Hall–Kier alpha value is -2.24. The van der Waals surface area contributed by atoms with Gasteiger partial charge in [-0.15, -0.1) is 0 Å². The van der Waals surface area contributed by atoms with Crippen LogP contribution in [0.2, 0.25) is 0 Å². The van der Waals surface area contributed by atoms with Crippen LogP contribution >= 0.6 is 0 Å². The molecule has 0 aliphatic heterocycles. The van der Waals surface area contributed by atoms with Crippen LogP contribution in [0.5, 0.6) is 0 Å². The predicted molar refractivity (Wildman–Crippen MR) is 68.2 cm³/mol. The lowest BCUT2D eigenvalue weighted by Crippen LogP contribution is -2.31. The first-order chi connectivity index (χ1) is 8.61. The van der Waals surface area contributed by atoms with Gasteiger partial charge in [-0.1, -0.05) is 6.92 Å². The van der Waals surface area contributed by atoms with Crippen LogP contribution in [0.1, 0.15) is 13.3 Å². The van der Waals surface area contributed by atoms with E-state index in [0.717, 1.165) is 6.42 Å². The van der Waals surface area contributed by atoms with E-state index in [-0.39, 0.29) is 12.5 Å². The molecule has 18 heavy (non-hydrogen) atoms. The summed E-state index contributed by atoms with van der Waals surface area (Å²) < 4.78 is 6.32. The summed E-state index contributed by atoms with van der Waals surface area (Å²) in [7, 11) is 0. The summed E-state index contributed by atoms with van der Waals surface area (Å²) in [5, 5.41) is 2.71. The maximum atomic E-state index is 11.6. The normalized spacial score (nSPS) is 10.7. The molecule has 0 radical (unpaired) electrons. The highest BCUT2D eigenvalue weighted by molar-refractivity contribution is 5.81. The average molecular weight is 249 g/mol. The number of rotatable bonds is 4. The van der Waals surface area contributed by atoms with Crippen molar-refractivity contribution < 1.29 is 9.21 Å². The first-order valence-electron chi connectivity index (χ1n) is 5.77. The zero-order chi connectivity index (χ0) is 13.1. The van der Waals surface area contributed by atoms with E-state index in [1.165, 1.54) is 4.57 Å². The molecule has 3 N–H and O–H groups in total. The molecular formula is C12H15N3O3. The lowest BCUT2D eigenvalue weighted by molar-refractivity contribution is -0.121. The van der Waals surface area contributed by atoms with Crippen LogP contribution in [0, 0.1) is 0 Å². The first-order valence-corrected chi connectivity index (χ1v) is 5.77. The third-order valence-electron chi connectivity index (χ3n) is 2.57. The second-order valence-corrected chi connectivity index (χ2v) is 4.03. The van der Waals surface area contributed by atoms with Crippen LogP contribution in [0.3, 0.4) is 0 Å². The molecule has 1 amide bonds. The largest absolute Gasteiger partial charge is 0.420 e. The number of aromatic nitrogens is 1. The van der Waals surface area contributed by atoms with E-state index in [9.17, 15) is 9.59 Å². The molecule has 0 spiro atoms. The maximum Gasteiger partial charge on any atom is 0.420 e. The molecule has 0 unspecified atom stereocenters. The van der Waals surface area contributed by atoms with E-state index >= 15 is 0 Å². The van der Waals surface area contributed by atoms with Crippen LogP contribution in [0.25, 0.3) is 11.1 Å². The molecule has 0 saturated carbocycles. The molecule has 6 heteroatoms. The molecule has 0 bridgehead atoms. The molecule has 0 aliphatic rings. The number of carbonyl (C=O) groups excluding carboxylic acids is 1. The molecule has 2 aromatic rings. The minimum absolute atomic E-state index is 0.0459. The number of nitrogens with two attached hydrogens (primary N) is 1. The number of amides is 1. The number of anilines is 1. The molecule has 2 rings (SSSR count). The van der Waals surface area contributed by atoms with Crippen molar-refractivity contribution in [2.24, 2.45) is 0 Å². The van der Waals surface area contributed by atoms with Gasteiger partial charge in [0.1, 0.15) is 6.54 Å². The lowest BCUT2D eigenvalue weighted by atomic mass is 10.3. The van der Waals surface area contributed by atoms with Crippen LogP contribution < -0.4 is 16.8 Å². The Kier molecular flexibility index (Phi) is 3.36. The first kappa shape index (κ1) is 12.2. The van der Waals surface area contributed by atoms with Gasteiger partial charge in [-0.3, -0.25) is 9.36 Å². The zero-order valence-electron chi connectivity index (χ0n) is 10.1. The molecule has 96 valence electrons. The van der Waals surface area contributed by atoms with Crippen molar-refractivity contribution >= 4 is 22.7 Å². The van der Waals surface area contributed by atoms with Crippen molar-refractivity contribution in [2.45, 2.75) is 19.9 Å². The second-order valence-electron chi connectivity index (χ2n) is 4.03. The minimum Gasteiger partial charge on any atom is -0.408 e. The molecule has 0 fully saturated rings. The van der Waals surface area contributed by atoms with Gasteiger partial charge in [-0.25, -0.2) is 4.79 Å². The van der Waals surface area contributed by atoms with E-state index in [1.54, 1.807) is 18.2 Å². The highest BCUT2D eigenvalue weighted by Crippen LogP contribution is 2.15. The summed E-state index contributed by atoms with van der Waals surface area (Å²) in [6.07, 6.45) is 0.851. The van der Waals surface area contributed by atoms with Crippen molar-refractivity contribution in [2.75, 3.05) is 12.3 Å². The number of nitrogens with zero attached hydrogens (tertiary/aromatic N) is 1. The monoisotopic (exact) mass is 249 g/mol. The number of nitrogen functional groups attached to an aromatic ring is 1. The molecule has 0 atom stereocenters. The van der Waals surface area contributed by atoms with E-state index in [0.29, 0.717) is 23.3 Å². The van der Waals surface area contributed by atoms with E-state index in [2.05, 4.69) is 5.32 Å². The number of benzene rings is 1. The third kappa shape index (κ3) is 2.37. The molecular weight excluding hydrogens is 234 g/mol. The Morgan fingerprint density at radius 2 is 2.28 bits per heavy atom. The van der Waals surface area contributed by atoms with Crippen LogP contribution in [0.4, 0.5) is 5.69 Å². The Bertz CT molecular complexity index is 627. The Morgan fingerprint density at radius 3 is 3.00 bits per heavy atom. The third-order valence-corrected chi connectivity index (χ3v) is 2.57. The zero-order valence-corrected chi connectivity index (χ0v) is 10.1. The molecule has 0 aliphatic carbocycles. The van der Waals surface area contributed by atoms with Crippen molar-refractivity contribution in [3.63, 3.8) is 0 Å². The van der Waals surface area contributed by atoms with E-state index in [1.807, 2.05) is 6.92 Å². The van der Waals surface area contributed by atoms with Crippen LogP contribution in [-0.2, 0) is 11.3 Å². The summed E-state index contributed by atoms with van der Waals surface area (Å²) in [6.45, 7) is 2.51. The van der Waals surface area contributed by atoms with Crippen LogP contribution in [-0.4, -0.2) is 17.0 Å². The van der Waals surface area contributed by atoms with Gasteiger partial charge in [-0.05, 0) is 18.6 Å². The van der Waals surface area contributed by atoms with Gasteiger partial charge in [0.05, 0.1) is 5.52 Å². The number of carbonyl (C=O) groups is 1. The molecule has 1 heterocycles. The Balaban J connectivity index is 2.30. The van der Waals surface area contributed by atoms with Crippen LogP contribution in [0.15, 0.2) is 27.4 Å². The van der Waals surface area contributed by atoms with E-state index < -0.39 is 5.76 Å². The number of hydrogen-bond acceptors (Lipinski definition) is 4. The highest BCUT2D eigenvalue weighted by atomic mass is 16.4. The summed E-state index contributed by atoms with van der Waals surface area (Å²) in [4.78, 5) is 23.2. The summed E-state index contributed by atoms with van der Waals surface area (Å²) in [5.41, 5.74) is 7.07. The number of nitrogens with one attached hydrogen (secondary N) is 1. The second kappa shape index (κ2) is 4.95. The predicted octanol–water partition coefficient (Wildman–Crippen LogP) is 0.703.